The SMILES string of the molecule is CC(=O)OC(CCCCCCCCCCCCCC(C)OCc1ccccc1)CC(=O)O. The molecule has 0 aliphatic heterocycles. The van der Waals surface area contributed by atoms with E-state index in [1.807, 2.05) is 6.07 Å². The molecule has 0 saturated heterocycles. The van der Waals surface area contributed by atoms with Crippen LogP contribution in [0.25, 0.3) is 0 Å². The summed E-state index contributed by atoms with van der Waals surface area (Å²) in [6.45, 7) is 4.21. The van der Waals surface area contributed by atoms with E-state index in [0.29, 0.717) is 19.1 Å². The summed E-state index contributed by atoms with van der Waals surface area (Å²) in [6.07, 6.45) is 14.9. The van der Waals surface area contributed by atoms with Crippen LogP contribution >= 0.6 is 0 Å². The minimum absolute atomic E-state index is 0.0980. The summed E-state index contributed by atoms with van der Waals surface area (Å²) >= 11 is 0. The molecule has 1 aromatic rings. The zero-order valence-corrected chi connectivity index (χ0v) is 20.2. The molecular weight excluding hydrogens is 404 g/mol. The van der Waals surface area contributed by atoms with Crippen LogP contribution in [-0.2, 0) is 25.7 Å². The molecule has 2 atom stereocenters. The van der Waals surface area contributed by atoms with E-state index in [0.717, 1.165) is 19.3 Å². The first-order valence-electron chi connectivity index (χ1n) is 12.5. The smallest absolute Gasteiger partial charge is 0.307 e. The molecule has 2 unspecified atom stereocenters. The van der Waals surface area contributed by atoms with Gasteiger partial charge in [0.15, 0.2) is 0 Å². The van der Waals surface area contributed by atoms with Crippen molar-refractivity contribution in [1.29, 1.82) is 0 Å². The molecule has 0 radical (unpaired) electrons. The number of rotatable bonds is 20. The third-order valence-corrected chi connectivity index (χ3v) is 5.75. The predicted octanol–water partition coefficient (Wildman–Crippen LogP) is 7.07. The third kappa shape index (κ3) is 16.8. The number of carboxylic acids is 1. The molecule has 0 saturated carbocycles. The molecule has 5 nitrogen and oxygen atoms in total. The molecule has 0 bridgehead atoms. The second-order valence-corrected chi connectivity index (χ2v) is 8.90. The van der Waals surface area contributed by atoms with Gasteiger partial charge in [-0.3, -0.25) is 9.59 Å². The Labute approximate surface area is 194 Å². The number of carbonyl (C=O) groups excluding carboxylic acids is 1. The van der Waals surface area contributed by atoms with E-state index in [-0.39, 0.29) is 6.42 Å². The zero-order chi connectivity index (χ0) is 23.4. The van der Waals surface area contributed by atoms with Crippen molar-refractivity contribution in [3.05, 3.63) is 35.9 Å². The van der Waals surface area contributed by atoms with Gasteiger partial charge >= 0.3 is 11.9 Å². The van der Waals surface area contributed by atoms with Gasteiger partial charge in [0, 0.05) is 6.92 Å². The number of aliphatic carboxylic acids is 1. The Morgan fingerprint density at radius 2 is 1.31 bits per heavy atom. The maximum atomic E-state index is 11.0. The molecule has 0 heterocycles. The van der Waals surface area contributed by atoms with Crippen molar-refractivity contribution in [3.8, 4) is 0 Å². The summed E-state index contributed by atoms with van der Waals surface area (Å²) < 4.78 is 11.0. The third-order valence-electron chi connectivity index (χ3n) is 5.75. The van der Waals surface area contributed by atoms with Crippen LogP contribution in [0.1, 0.15) is 109 Å². The van der Waals surface area contributed by atoms with Gasteiger partial charge in [-0.1, -0.05) is 94.5 Å². The van der Waals surface area contributed by atoms with Crippen molar-refractivity contribution in [2.75, 3.05) is 0 Å². The molecule has 0 aliphatic carbocycles. The summed E-state index contributed by atoms with van der Waals surface area (Å²) in [5, 5.41) is 8.88. The van der Waals surface area contributed by atoms with Gasteiger partial charge in [0.05, 0.1) is 19.1 Å². The zero-order valence-electron chi connectivity index (χ0n) is 20.2. The summed E-state index contributed by atoms with van der Waals surface area (Å²) in [5.74, 6) is -1.32. The van der Waals surface area contributed by atoms with Crippen LogP contribution in [0, 0.1) is 0 Å². The van der Waals surface area contributed by atoms with Crippen molar-refractivity contribution >= 4 is 11.9 Å². The standard InChI is InChI=1S/C27H44O5/c1-23(31-22-25-18-14-12-15-19-25)17-13-10-8-6-4-3-5-7-9-11-16-20-26(21-27(29)30)32-24(2)28/h12,14-15,18-19,23,26H,3-11,13,16-17,20-22H2,1-2H3,(H,29,30). The van der Waals surface area contributed by atoms with Crippen molar-refractivity contribution < 1.29 is 24.2 Å². The Morgan fingerprint density at radius 1 is 0.812 bits per heavy atom. The van der Waals surface area contributed by atoms with Gasteiger partial charge in [0.25, 0.3) is 0 Å². The van der Waals surface area contributed by atoms with Crippen LogP contribution < -0.4 is 0 Å². The molecule has 1 aromatic carbocycles. The highest BCUT2D eigenvalue weighted by Crippen LogP contribution is 2.16. The number of carbonyl (C=O) groups is 2. The lowest BCUT2D eigenvalue weighted by atomic mass is 10.0. The Morgan fingerprint density at radius 3 is 1.81 bits per heavy atom. The fraction of sp³-hybridized carbons (Fsp3) is 0.704. The van der Waals surface area contributed by atoms with Gasteiger partial charge in [-0.15, -0.1) is 0 Å². The molecular formula is C27H44O5. The predicted molar refractivity (Wildman–Crippen MR) is 129 cm³/mol. The molecule has 0 amide bonds. The molecule has 0 spiro atoms. The van der Waals surface area contributed by atoms with E-state index in [2.05, 4.69) is 31.2 Å². The number of hydrogen-bond donors (Lipinski definition) is 1. The normalized spacial score (nSPS) is 12.9. The van der Waals surface area contributed by atoms with Gasteiger partial charge in [-0.25, -0.2) is 0 Å². The molecule has 5 heteroatoms. The Hall–Kier alpha value is -1.88. The first-order valence-corrected chi connectivity index (χ1v) is 12.5. The highest BCUT2D eigenvalue weighted by atomic mass is 16.5. The first-order chi connectivity index (χ1) is 15.5. The molecule has 182 valence electrons. The van der Waals surface area contributed by atoms with Gasteiger partial charge in [0.1, 0.15) is 6.10 Å². The van der Waals surface area contributed by atoms with Gasteiger partial charge in [-0.05, 0) is 31.7 Å². The maximum Gasteiger partial charge on any atom is 0.307 e. The summed E-state index contributed by atoms with van der Waals surface area (Å²) in [4.78, 5) is 21.9. The van der Waals surface area contributed by atoms with Crippen LogP contribution in [0.5, 0.6) is 0 Å². The van der Waals surface area contributed by atoms with E-state index in [4.69, 9.17) is 14.6 Å². The summed E-state index contributed by atoms with van der Waals surface area (Å²) in [6, 6.07) is 10.4. The minimum atomic E-state index is -0.915. The minimum Gasteiger partial charge on any atom is -0.481 e. The molecule has 1 rings (SSSR count). The van der Waals surface area contributed by atoms with Gasteiger partial charge in [0.2, 0.25) is 0 Å². The fourth-order valence-corrected chi connectivity index (χ4v) is 3.92. The second kappa shape index (κ2) is 18.7. The highest BCUT2D eigenvalue weighted by Gasteiger charge is 2.15. The Bertz CT molecular complexity index is 585. The molecule has 0 fully saturated rings. The van der Waals surface area contributed by atoms with Crippen LogP contribution in [0.2, 0.25) is 0 Å². The van der Waals surface area contributed by atoms with Crippen LogP contribution in [-0.4, -0.2) is 29.3 Å². The Balaban J connectivity index is 1.86. The monoisotopic (exact) mass is 448 g/mol. The van der Waals surface area contributed by atoms with Crippen LogP contribution in [0.4, 0.5) is 0 Å². The fourth-order valence-electron chi connectivity index (χ4n) is 3.92. The molecule has 1 N–H and O–H groups in total. The lowest BCUT2D eigenvalue weighted by Crippen LogP contribution is -2.20. The highest BCUT2D eigenvalue weighted by molar-refractivity contribution is 5.69. The van der Waals surface area contributed by atoms with Crippen molar-refractivity contribution in [2.45, 2.75) is 123 Å². The van der Waals surface area contributed by atoms with Gasteiger partial charge in [-0.2, -0.15) is 0 Å². The largest absolute Gasteiger partial charge is 0.481 e. The van der Waals surface area contributed by atoms with Gasteiger partial charge < -0.3 is 14.6 Å². The maximum absolute atomic E-state index is 11.0. The number of hydrogen-bond acceptors (Lipinski definition) is 4. The van der Waals surface area contributed by atoms with Crippen LogP contribution in [0.3, 0.4) is 0 Å². The van der Waals surface area contributed by atoms with E-state index in [9.17, 15) is 9.59 Å². The number of ether oxygens (including phenoxy) is 2. The quantitative estimate of drug-likeness (QED) is 0.171. The number of unbranched alkanes of at least 4 members (excludes halogenated alkanes) is 10. The lowest BCUT2D eigenvalue weighted by molar-refractivity contribution is -0.151. The Kier molecular flexibility index (Phi) is 16.4. The average molecular weight is 449 g/mol. The van der Waals surface area contributed by atoms with E-state index in [1.165, 1.54) is 70.3 Å². The van der Waals surface area contributed by atoms with Crippen molar-refractivity contribution in [3.63, 3.8) is 0 Å². The van der Waals surface area contributed by atoms with E-state index < -0.39 is 18.0 Å². The molecule has 0 aliphatic rings. The van der Waals surface area contributed by atoms with E-state index in [1.54, 1.807) is 0 Å². The molecule has 32 heavy (non-hydrogen) atoms. The number of benzene rings is 1. The summed E-state index contributed by atoms with van der Waals surface area (Å²) in [7, 11) is 0. The topological polar surface area (TPSA) is 72.8 Å². The lowest BCUT2D eigenvalue weighted by Gasteiger charge is -2.14. The van der Waals surface area contributed by atoms with Crippen molar-refractivity contribution in [2.24, 2.45) is 0 Å². The first kappa shape index (κ1) is 28.2. The number of carboxylic acid groups (broad SMARTS) is 1. The van der Waals surface area contributed by atoms with Crippen molar-refractivity contribution in [1.82, 2.24) is 0 Å². The summed E-state index contributed by atoms with van der Waals surface area (Å²) in [5.41, 5.74) is 1.24. The molecule has 0 aromatic heterocycles. The second-order valence-electron chi connectivity index (χ2n) is 8.90. The number of esters is 1. The van der Waals surface area contributed by atoms with Crippen LogP contribution in [0.15, 0.2) is 30.3 Å². The van der Waals surface area contributed by atoms with E-state index >= 15 is 0 Å². The average Bonchev–Trinajstić information content (AvgIpc) is 2.75.